The SMILES string of the molecule is CCOS(=O)(=O)OC(C)N(C)C. The molecule has 0 N–H and O–H groups in total. The van der Waals surface area contributed by atoms with Crippen molar-refractivity contribution in [1.29, 1.82) is 0 Å². The molecule has 6 heteroatoms. The molecule has 0 bridgehead atoms. The monoisotopic (exact) mass is 197 g/mol. The van der Waals surface area contributed by atoms with E-state index in [0.717, 1.165) is 0 Å². The van der Waals surface area contributed by atoms with Crippen molar-refractivity contribution in [2.75, 3.05) is 20.7 Å². The Morgan fingerprint density at radius 2 is 1.92 bits per heavy atom. The molecule has 0 radical (unpaired) electrons. The minimum atomic E-state index is -3.82. The summed E-state index contributed by atoms with van der Waals surface area (Å²) in [6.07, 6.45) is -0.512. The lowest BCUT2D eigenvalue weighted by Crippen LogP contribution is -2.30. The molecule has 0 aromatic carbocycles. The Hall–Kier alpha value is -0.170. The summed E-state index contributed by atoms with van der Waals surface area (Å²) >= 11 is 0. The average molecular weight is 197 g/mol. The Balaban J connectivity index is 4.07. The van der Waals surface area contributed by atoms with Crippen molar-refractivity contribution in [3.8, 4) is 0 Å². The second-order valence-electron chi connectivity index (χ2n) is 2.47. The summed E-state index contributed by atoms with van der Waals surface area (Å²) in [5.74, 6) is 0. The van der Waals surface area contributed by atoms with Gasteiger partial charge in [-0.05, 0) is 27.9 Å². The molecule has 0 aliphatic heterocycles. The molecule has 0 saturated heterocycles. The lowest BCUT2D eigenvalue weighted by atomic mass is 10.6. The molecule has 0 aliphatic carbocycles. The largest absolute Gasteiger partial charge is 0.401 e. The lowest BCUT2D eigenvalue weighted by molar-refractivity contribution is 0.0672. The molecular weight excluding hydrogens is 182 g/mol. The third kappa shape index (κ3) is 4.66. The summed E-state index contributed by atoms with van der Waals surface area (Å²) in [6.45, 7) is 3.29. The van der Waals surface area contributed by atoms with E-state index in [4.69, 9.17) is 0 Å². The van der Waals surface area contributed by atoms with Crippen LogP contribution in [0.2, 0.25) is 0 Å². The quantitative estimate of drug-likeness (QED) is 0.589. The predicted octanol–water partition coefficient (Wildman–Crippen LogP) is 0.192. The number of hydrogen-bond acceptors (Lipinski definition) is 5. The van der Waals surface area contributed by atoms with Crippen molar-refractivity contribution >= 4 is 10.4 Å². The van der Waals surface area contributed by atoms with Crippen molar-refractivity contribution in [3.05, 3.63) is 0 Å². The van der Waals surface area contributed by atoms with Gasteiger partial charge in [0.1, 0.15) is 6.23 Å². The maximum atomic E-state index is 10.9. The van der Waals surface area contributed by atoms with Crippen LogP contribution in [0.1, 0.15) is 13.8 Å². The van der Waals surface area contributed by atoms with Gasteiger partial charge in [-0.25, -0.2) is 8.37 Å². The van der Waals surface area contributed by atoms with Crippen molar-refractivity contribution in [1.82, 2.24) is 4.90 Å². The summed E-state index contributed by atoms with van der Waals surface area (Å²) in [5, 5.41) is 0. The van der Waals surface area contributed by atoms with Crippen LogP contribution in [0.3, 0.4) is 0 Å². The van der Waals surface area contributed by atoms with Crippen molar-refractivity contribution in [3.63, 3.8) is 0 Å². The van der Waals surface area contributed by atoms with E-state index in [1.54, 1.807) is 32.8 Å². The fraction of sp³-hybridized carbons (Fsp3) is 1.00. The highest BCUT2D eigenvalue weighted by Crippen LogP contribution is 2.02. The second kappa shape index (κ2) is 4.76. The van der Waals surface area contributed by atoms with E-state index >= 15 is 0 Å². The van der Waals surface area contributed by atoms with Gasteiger partial charge in [-0.1, -0.05) is 0 Å². The van der Waals surface area contributed by atoms with Crippen LogP contribution in [0.5, 0.6) is 0 Å². The fourth-order valence-electron chi connectivity index (χ4n) is 0.429. The lowest BCUT2D eigenvalue weighted by Gasteiger charge is -2.18. The Bertz CT molecular complexity index is 212. The normalized spacial score (nSPS) is 15.1. The van der Waals surface area contributed by atoms with Crippen LogP contribution >= 0.6 is 0 Å². The Morgan fingerprint density at radius 1 is 1.42 bits per heavy atom. The molecule has 0 fully saturated rings. The van der Waals surface area contributed by atoms with Gasteiger partial charge in [0.2, 0.25) is 0 Å². The van der Waals surface area contributed by atoms with Crippen molar-refractivity contribution in [2.24, 2.45) is 0 Å². The van der Waals surface area contributed by atoms with Crippen LogP contribution in [0.25, 0.3) is 0 Å². The summed E-state index contributed by atoms with van der Waals surface area (Å²) in [6, 6.07) is 0. The molecule has 0 spiro atoms. The van der Waals surface area contributed by atoms with Crippen LogP contribution in [0.4, 0.5) is 0 Å². The molecule has 12 heavy (non-hydrogen) atoms. The average Bonchev–Trinajstić information content (AvgIpc) is 1.85. The van der Waals surface area contributed by atoms with Gasteiger partial charge in [-0.15, -0.1) is 0 Å². The highest BCUT2D eigenvalue weighted by Gasteiger charge is 2.17. The molecule has 0 aliphatic rings. The molecule has 0 rings (SSSR count). The summed E-state index contributed by atoms with van der Waals surface area (Å²) < 4.78 is 30.7. The van der Waals surface area contributed by atoms with E-state index in [9.17, 15) is 8.42 Å². The third-order valence-corrected chi connectivity index (χ3v) is 2.29. The molecule has 1 atom stereocenters. The summed E-state index contributed by atoms with van der Waals surface area (Å²) in [7, 11) is -0.389. The van der Waals surface area contributed by atoms with Gasteiger partial charge in [-0.3, -0.25) is 4.90 Å². The van der Waals surface area contributed by atoms with Gasteiger partial charge < -0.3 is 0 Å². The molecule has 74 valence electrons. The van der Waals surface area contributed by atoms with Gasteiger partial charge in [0.25, 0.3) is 0 Å². The first-order valence-electron chi connectivity index (χ1n) is 3.63. The van der Waals surface area contributed by atoms with E-state index in [2.05, 4.69) is 8.37 Å². The van der Waals surface area contributed by atoms with E-state index in [0.29, 0.717) is 0 Å². The fourth-order valence-corrected chi connectivity index (χ4v) is 1.29. The van der Waals surface area contributed by atoms with Gasteiger partial charge in [0.15, 0.2) is 0 Å². The van der Waals surface area contributed by atoms with E-state index in [1.807, 2.05) is 0 Å². The maximum absolute atomic E-state index is 10.9. The first kappa shape index (κ1) is 11.8. The van der Waals surface area contributed by atoms with Crippen LogP contribution in [-0.4, -0.2) is 40.2 Å². The molecule has 5 nitrogen and oxygen atoms in total. The minimum absolute atomic E-state index is 0.0858. The highest BCUT2D eigenvalue weighted by atomic mass is 32.3. The Morgan fingerprint density at radius 3 is 2.25 bits per heavy atom. The number of nitrogens with zero attached hydrogens (tertiary/aromatic N) is 1. The molecule has 0 amide bonds. The molecular formula is C6H15NO4S. The number of hydrogen-bond donors (Lipinski definition) is 0. The molecule has 0 saturated carbocycles. The van der Waals surface area contributed by atoms with Gasteiger partial charge in [0.05, 0.1) is 6.61 Å². The van der Waals surface area contributed by atoms with Crippen molar-refractivity contribution in [2.45, 2.75) is 20.1 Å². The second-order valence-corrected chi connectivity index (χ2v) is 3.72. The van der Waals surface area contributed by atoms with Crippen LogP contribution < -0.4 is 0 Å². The van der Waals surface area contributed by atoms with E-state index < -0.39 is 16.6 Å². The standard InChI is InChI=1S/C6H15NO4S/c1-5-10-12(8,9)11-6(2)7(3)4/h6H,5H2,1-4H3. The zero-order valence-electron chi connectivity index (χ0n) is 7.77. The smallest absolute Gasteiger partial charge is 0.283 e. The van der Waals surface area contributed by atoms with E-state index in [-0.39, 0.29) is 6.61 Å². The van der Waals surface area contributed by atoms with Crippen LogP contribution in [0.15, 0.2) is 0 Å². The molecule has 1 unspecified atom stereocenters. The first-order chi connectivity index (χ1) is 5.39. The zero-order valence-corrected chi connectivity index (χ0v) is 8.59. The Kier molecular flexibility index (Phi) is 4.69. The highest BCUT2D eigenvalue weighted by molar-refractivity contribution is 7.81. The van der Waals surface area contributed by atoms with Gasteiger partial charge >= 0.3 is 10.4 Å². The third-order valence-electron chi connectivity index (χ3n) is 1.25. The van der Waals surface area contributed by atoms with Gasteiger partial charge in [-0.2, -0.15) is 8.42 Å². The minimum Gasteiger partial charge on any atom is -0.283 e. The summed E-state index contributed by atoms with van der Waals surface area (Å²) in [5.41, 5.74) is 0. The molecule has 0 aromatic heterocycles. The van der Waals surface area contributed by atoms with Gasteiger partial charge in [0, 0.05) is 0 Å². The summed E-state index contributed by atoms with van der Waals surface area (Å²) in [4.78, 5) is 1.62. The maximum Gasteiger partial charge on any atom is 0.401 e. The number of rotatable bonds is 5. The topological polar surface area (TPSA) is 55.8 Å². The predicted molar refractivity (Wildman–Crippen MR) is 44.8 cm³/mol. The first-order valence-corrected chi connectivity index (χ1v) is 4.96. The molecule has 0 heterocycles. The zero-order chi connectivity index (χ0) is 9.78. The van der Waals surface area contributed by atoms with Crippen LogP contribution in [-0.2, 0) is 18.8 Å². The van der Waals surface area contributed by atoms with E-state index in [1.165, 1.54) is 0 Å². The Labute approximate surface area is 73.6 Å². The van der Waals surface area contributed by atoms with Crippen molar-refractivity contribution < 1.29 is 16.8 Å². The van der Waals surface area contributed by atoms with Crippen LogP contribution in [0, 0.1) is 0 Å². The molecule has 0 aromatic rings.